The Labute approximate surface area is 103 Å². The number of aromatic amines is 1. The number of aromatic nitrogens is 2. The van der Waals surface area contributed by atoms with Gasteiger partial charge in [0.15, 0.2) is 0 Å². The molecule has 18 heavy (non-hydrogen) atoms. The van der Waals surface area contributed by atoms with E-state index >= 15 is 0 Å². The fourth-order valence-electron chi connectivity index (χ4n) is 2.31. The van der Waals surface area contributed by atoms with Crippen LogP contribution in [-0.2, 0) is 0 Å². The van der Waals surface area contributed by atoms with E-state index in [4.69, 9.17) is 0 Å². The van der Waals surface area contributed by atoms with Gasteiger partial charge in [0, 0.05) is 12.5 Å². The standard InChI is InChI=1S/C13H13F2N3/c14-9-2-1-3-10(15)12(9)11-7-17-13(18-11)8-4-5-16-6-8/h1-3,7-8,16H,4-6H2,(H,17,18). The summed E-state index contributed by atoms with van der Waals surface area (Å²) in [5, 5.41) is 3.23. The van der Waals surface area contributed by atoms with Crippen LogP contribution in [0.1, 0.15) is 18.2 Å². The van der Waals surface area contributed by atoms with Crippen LogP contribution in [0.2, 0.25) is 0 Å². The van der Waals surface area contributed by atoms with Crippen LogP contribution in [-0.4, -0.2) is 23.1 Å². The number of imidazole rings is 1. The maximum atomic E-state index is 13.6. The van der Waals surface area contributed by atoms with E-state index in [0.29, 0.717) is 11.6 Å². The number of halogens is 2. The smallest absolute Gasteiger partial charge is 0.135 e. The van der Waals surface area contributed by atoms with Crippen molar-refractivity contribution in [1.82, 2.24) is 15.3 Å². The van der Waals surface area contributed by atoms with Crippen LogP contribution in [0.3, 0.4) is 0 Å². The molecule has 1 aliphatic heterocycles. The van der Waals surface area contributed by atoms with Gasteiger partial charge in [-0.2, -0.15) is 0 Å². The molecule has 0 spiro atoms. The molecule has 2 aromatic rings. The number of benzene rings is 1. The van der Waals surface area contributed by atoms with Crippen molar-refractivity contribution in [2.24, 2.45) is 0 Å². The predicted octanol–water partition coefficient (Wildman–Crippen LogP) is 2.43. The van der Waals surface area contributed by atoms with Gasteiger partial charge in [0.2, 0.25) is 0 Å². The molecule has 1 aromatic carbocycles. The van der Waals surface area contributed by atoms with E-state index in [2.05, 4.69) is 15.3 Å². The third-order valence-corrected chi connectivity index (χ3v) is 3.27. The molecule has 1 aromatic heterocycles. The third-order valence-electron chi connectivity index (χ3n) is 3.27. The molecule has 0 amide bonds. The molecule has 0 saturated carbocycles. The Bertz CT molecular complexity index is 539. The topological polar surface area (TPSA) is 40.7 Å². The molecule has 0 bridgehead atoms. The van der Waals surface area contributed by atoms with Crippen molar-refractivity contribution >= 4 is 0 Å². The summed E-state index contributed by atoms with van der Waals surface area (Å²) in [6, 6.07) is 3.85. The molecule has 1 aliphatic rings. The van der Waals surface area contributed by atoms with Crippen LogP contribution in [0.25, 0.3) is 11.3 Å². The van der Waals surface area contributed by atoms with Crippen molar-refractivity contribution in [3.63, 3.8) is 0 Å². The first-order chi connectivity index (χ1) is 8.75. The lowest BCUT2D eigenvalue weighted by molar-refractivity contribution is 0.588. The molecule has 1 atom stereocenters. The van der Waals surface area contributed by atoms with Crippen molar-refractivity contribution in [1.29, 1.82) is 0 Å². The number of rotatable bonds is 2. The monoisotopic (exact) mass is 249 g/mol. The summed E-state index contributed by atoms with van der Waals surface area (Å²) in [6.45, 7) is 1.81. The molecule has 0 aliphatic carbocycles. The Balaban J connectivity index is 1.97. The molecule has 3 rings (SSSR count). The first-order valence-electron chi connectivity index (χ1n) is 5.95. The largest absolute Gasteiger partial charge is 0.342 e. The molecule has 2 N–H and O–H groups in total. The van der Waals surface area contributed by atoms with Crippen molar-refractivity contribution in [2.45, 2.75) is 12.3 Å². The van der Waals surface area contributed by atoms with Crippen molar-refractivity contribution in [3.05, 3.63) is 41.9 Å². The zero-order valence-corrected chi connectivity index (χ0v) is 9.71. The molecule has 1 saturated heterocycles. The second-order valence-electron chi connectivity index (χ2n) is 4.47. The number of hydrogen-bond donors (Lipinski definition) is 2. The van der Waals surface area contributed by atoms with Gasteiger partial charge in [0.05, 0.1) is 17.5 Å². The number of nitrogens with one attached hydrogen (secondary N) is 2. The van der Waals surface area contributed by atoms with Crippen LogP contribution < -0.4 is 5.32 Å². The average molecular weight is 249 g/mol. The van der Waals surface area contributed by atoms with Gasteiger partial charge < -0.3 is 10.3 Å². The second-order valence-corrected chi connectivity index (χ2v) is 4.47. The molecule has 2 heterocycles. The lowest BCUT2D eigenvalue weighted by atomic mass is 10.1. The quantitative estimate of drug-likeness (QED) is 0.858. The minimum Gasteiger partial charge on any atom is -0.342 e. The van der Waals surface area contributed by atoms with Crippen LogP contribution in [0.15, 0.2) is 24.4 Å². The highest BCUT2D eigenvalue weighted by Gasteiger charge is 2.21. The second kappa shape index (κ2) is 4.49. The summed E-state index contributed by atoms with van der Waals surface area (Å²) in [4.78, 5) is 7.25. The van der Waals surface area contributed by atoms with Gasteiger partial charge in [-0.15, -0.1) is 0 Å². The van der Waals surface area contributed by atoms with E-state index in [9.17, 15) is 8.78 Å². The lowest BCUT2D eigenvalue weighted by Crippen LogP contribution is -2.08. The van der Waals surface area contributed by atoms with Crippen molar-refractivity contribution < 1.29 is 8.78 Å². The molecule has 1 fully saturated rings. The van der Waals surface area contributed by atoms with Gasteiger partial charge in [-0.25, -0.2) is 13.8 Å². The van der Waals surface area contributed by atoms with Crippen molar-refractivity contribution in [2.75, 3.05) is 13.1 Å². The minimum atomic E-state index is -0.574. The Morgan fingerprint density at radius 1 is 1.22 bits per heavy atom. The molecule has 3 nitrogen and oxygen atoms in total. The molecule has 94 valence electrons. The fraction of sp³-hybridized carbons (Fsp3) is 0.308. The fourth-order valence-corrected chi connectivity index (χ4v) is 2.31. The molecular weight excluding hydrogens is 236 g/mol. The normalized spacial score (nSPS) is 19.3. The Morgan fingerprint density at radius 2 is 2.00 bits per heavy atom. The van der Waals surface area contributed by atoms with Gasteiger partial charge >= 0.3 is 0 Å². The SMILES string of the molecule is Fc1cccc(F)c1-c1cnc(C2CCNC2)[nH]1. The lowest BCUT2D eigenvalue weighted by Gasteiger charge is -2.04. The molecule has 5 heteroatoms. The van der Waals surface area contributed by atoms with E-state index in [1.54, 1.807) is 0 Å². The van der Waals surface area contributed by atoms with E-state index in [1.807, 2.05) is 0 Å². The maximum absolute atomic E-state index is 13.6. The summed E-state index contributed by atoms with van der Waals surface area (Å²) in [7, 11) is 0. The number of nitrogens with zero attached hydrogens (tertiary/aromatic N) is 1. The van der Waals surface area contributed by atoms with Gasteiger partial charge in [-0.05, 0) is 25.1 Å². The zero-order chi connectivity index (χ0) is 12.5. The molecule has 1 unspecified atom stereocenters. The number of hydrogen-bond acceptors (Lipinski definition) is 2. The summed E-state index contributed by atoms with van der Waals surface area (Å²) in [5.74, 6) is -0.0595. The number of H-pyrrole nitrogens is 1. The van der Waals surface area contributed by atoms with Crippen LogP contribution in [0.4, 0.5) is 8.78 Å². The summed E-state index contributed by atoms with van der Waals surface area (Å²) >= 11 is 0. The van der Waals surface area contributed by atoms with Crippen molar-refractivity contribution in [3.8, 4) is 11.3 Å². The zero-order valence-electron chi connectivity index (χ0n) is 9.71. The summed E-state index contributed by atoms with van der Waals surface area (Å²) in [5.41, 5.74) is 0.356. The van der Waals surface area contributed by atoms with Crippen LogP contribution in [0.5, 0.6) is 0 Å². The van der Waals surface area contributed by atoms with Crippen LogP contribution >= 0.6 is 0 Å². The summed E-state index contributed by atoms with van der Waals surface area (Å²) < 4.78 is 27.2. The van der Waals surface area contributed by atoms with E-state index in [0.717, 1.165) is 25.3 Å². The van der Waals surface area contributed by atoms with Gasteiger partial charge in [0.25, 0.3) is 0 Å². The molecular formula is C13H13F2N3. The highest BCUT2D eigenvalue weighted by atomic mass is 19.1. The summed E-state index contributed by atoms with van der Waals surface area (Å²) in [6.07, 6.45) is 2.49. The highest BCUT2D eigenvalue weighted by Crippen LogP contribution is 2.27. The highest BCUT2D eigenvalue weighted by molar-refractivity contribution is 5.60. The predicted molar refractivity (Wildman–Crippen MR) is 64.2 cm³/mol. The molecule has 0 radical (unpaired) electrons. The Hall–Kier alpha value is -1.75. The maximum Gasteiger partial charge on any atom is 0.135 e. The first-order valence-corrected chi connectivity index (χ1v) is 5.95. The third kappa shape index (κ3) is 1.90. The minimum absolute atomic E-state index is 0.0396. The van der Waals surface area contributed by atoms with E-state index in [1.165, 1.54) is 24.4 Å². The van der Waals surface area contributed by atoms with Gasteiger partial charge in [-0.1, -0.05) is 6.07 Å². The van der Waals surface area contributed by atoms with Gasteiger partial charge in [0.1, 0.15) is 17.5 Å². The van der Waals surface area contributed by atoms with Gasteiger partial charge in [-0.3, -0.25) is 0 Å². The Kier molecular flexibility index (Phi) is 2.83. The average Bonchev–Trinajstić information content (AvgIpc) is 2.99. The van der Waals surface area contributed by atoms with E-state index < -0.39 is 11.6 Å². The van der Waals surface area contributed by atoms with Crippen LogP contribution in [0, 0.1) is 11.6 Å². The van der Waals surface area contributed by atoms with E-state index in [-0.39, 0.29) is 5.56 Å². The Morgan fingerprint density at radius 3 is 2.67 bits per heavy atom. The first kappa shape index (κ1) is 11.3.